The highest BCUT2D eigenvalue weighted by molar-refractivity contribution is 9.10. The summed E-state index contributed by atoms with van der Waals surface area (Å²) in [6.07, 6.45) is 5.01. The second-order valence-electron chi connectivity index (χ2n) is 4.34. The lowest BCUT2D eigenvalue weighted by atomic mass is 10.1. The number of nitrogens with zero attached hydrogens (tertiary/aromatic N) is 2. The molecule has 0 radical (unpaired) electrons. The Bertz CT molecular complexity index is 326. The summed E-state index contributed by atoms with van der Waals surface area (Å²) in [6, 6.07) is 0. The molecule has 0 aliphatic rings. The zero-order valence-electron chi connectivity index (χ0n) is 10.3. The molecule has 0 atom stereocenters. The maximum absolute atomic E-state index is 4.51. The van der Waals surface area contributed by atoms with E-state index >= 15 is 0 Å². The molecule has 1 rings (SSSR count). The normalized spacial score (nSPS) is 10.8. The summed E-state index contributed by atoms with van der Waals surface area (Å²) >= 11 is 3.45. The molecule has 4 heteroatoms. The molecule has 0 saturated heterocycles. The maximum atomic E-state index is 4.51. The zero-order valence-corrected chi connectivity index (χ0v) is 11.8. The Kier molecular flexibility index (Phi) is 5.74. The summed E-state index contributed by atoms with van der Waals surface area (Å²) in [7, 11) is 0. The van der Waals surface area contributed by atoms with Crippen LogP contribution in [-0.4, -0.2) is 16.5 Å². The highest BCUT2D eigenvalue weighted by atomic mass is 79.9. The molecule has 1 heterocycles. The predicted octanol–water partition coefficient (Wildman–Crippen LogP) is 3.65. The third kappa shape index (κ3) is 4.47. The minimum absolute atomic E-state index is 0.694. The van der Waals surface area contributed by atoms with Crippen molar-refractivity contribution in [2.75, 3.05) is 11.9 Å². The van der Waals surface area contributed by atoms with Crippen LogP contribution in [-0.2, 0) is 6.42 Å². The molecule has 1 aromatic heterocycles. The van der Waals surface area contributed by atoms with Crippen LogP contribution in [0.4, 0.5) is 5.82 Å². The van der Waals surface area contributed by atoms with Gasteiger partial charge >= 0.3 is 0 Å². The van der Waals surface area contributed by atoms with Gasteiger partial charge in [0, 0.05) is 19.2 Å². The van der Waals surface area contributed by atoms with Gasteiger partial charge in [-0.15, -0.1) is 0 Å². The maximum Gasteiger partial charge on any atom is 0.144 e. The van der Waals surface area contributed by atoms with Gasteiger partial charge in [-0.1, -0.05) is 20.8 Å². The van der Waals surface area contributed by atoms with Crippen LogP contribution in [0, 0.1) is 5.92 Å². The van der Waals surface area contributed by atoms with E-state index in [1.165, 1.54) is 0 Å². The van der Waals surface area contributed by atoms with Crippen molar-refractivity contribution in [2.24, 2.45) is 5.92 Å². The van der Waals surface area contributed by atoms with Crippen molar-refractivity contribution in [3.05, 3.63) is 16.5 Å². The Hall–Kier alpha value is -0.640. The minimum Gasteiger partial charge on any atom is -0.369 e. The summed E-state index contributed by atoms with van der Waals surface area (Å²) < 4.78 is 0.939. The van der Waals surface area contributed by atoms with E-state index in [9.17, 15) is 0 Å². The van der Waals surface area contributed by atoms with Gasteiger partial charge in [-0.25, -0.2) is 9.97 Å². The Morgan fingerprint density at radius 1 is 1.44 bits per heavy atom. The first-order chi connectivity index (χ1) is 7.63. The topological polar surface area (TPSA) is 37.8 Å². The molecule has 0 saturated carbocycles. The first kappa shape index (κ1) is 13.4. The molecule has 0 bridgehead atoms. The second kappa shape index (κ2) is 6.84. The van der Waals surface area contributed by atoms with Crippen molar-refractivity contribution >= 4 is 21.7 Å². The van der Waals surface area contributed by atoms with Gasteiger partial charge in [0.05, 0.1) is 4.47 Å². The molecule has 16 heavy (non-hydrogen) atoms. The van der Waals surface area contributed by atoms with Crippen LogP contribution in [0.2, 0.25) is 0 Å². The van der Waals surface area contributed by atoms with Crippen LogP contribution in [0.5, 0.6) is 0 Å². The summed E-state index contributed by atoms with van der Waals surface area (Å²) in [4.78, 5) is 8.83. The molecule has 0 aliphatic heterocycles. The molecule has 0 aliphatic carbocycles. The van der Waals surface area contributed by atoms with Gasteiger partial charge in [0.2, 0.25) is 0 Å². The highest BCUT2D eigenvalue weighted by Gasteiger charge is 2.05. The summed E-state index contributed by atoms with van der Waals surface area (Å²) in [5, 5.41) is 3.29. The fourth-order valence-electron chi connectivity index (χ4n) is 1.31. The van der Waals surface area contributed by atoms with Crippen molar-refractivity contribution in [1.29, 1.82) is 0 Å². The van der Waals surface area contributed by atoms with E-state index in [1.54, 1.807) is 0 Å². The van der Waals surface area contributed by atoms with E-state index in [2.05, 4.69) is 52.0 Å². The average molecular weight is 286 g/mol. The molecule has 90 valence electrons. The number of aromatic nitrogens is 2. The Labute approximate surface area is 106 Å². The fraction of sp³-hybridized carbons (Fsp3) is 0.667. The van der Waals surface area contributed by atoms with Crippen LogP contribution in [0.3, 0.4) is 0 Å². The third-order valence-corrected chi connectivity index (χ3v) is 2.86. The standard InChI is InChI=1S/C12H20BrN3/c1-4-7-14-12-10(13)8-15-11(16-12)6-5-9(2)3/h8-9H,4-7H2,1-3H3,(H,14,15,16). The predicted molar refractivity (Wildman–Crippen MR) is 71.7 cm³/mol. The Morgan fingerprint density at radius 3 is 2.81 bits per heavy atom. The van der Waals surface area contributed by atoms with E-state index in [0.29, 0.717) is 5.92 Å². The molecule has 0 unspecified atom stereocenters. The van der Waals surface area contributed by atoms with Crippen LogP contribution < -0.4 is 5.32 Å². The van der Waals surface area contributed by atoms with E-state index in [4.69, 9.17) is 0 Å². The van der Waals surface area contributed by atoms with E-state index in [0.717, 1.165) is 41.9 Å². The summed E-state index contributed by atoms with van der Waals surface area (Å²) in [6.45, 7) is 7.52. The molecular weight excluding hydrogens is 266 g/mol. The molecule has 3 nitrogen and oxygen atoms in total. The lowest BCUT2D eigenvalue weighted by Gasteiger charge is -2.08. The number of anilines is 1. The third-order valence-electron chi connectivity index (χ3n) is 2.28. The second-order valence-corrected chi connectivity index (χ2v) is 5.20. The van der Waals surface area contributed by atoms with Gasteiger partial charge in [-0.2, -0.15) is 0 Å². The number of hydrogen-bond acceptors (Lipinski definition) is 3. The van der Waals surface area contributed by atoms with Crippen molar-refractivity contribution < 1.29 is 0 Å². The van der Waals surface area contributed by atoms with Gasteiger partial charge < -0.3 is 5.32 Å². The Balaban J connectivity index is 2.65. The van der Waals surface area contributed by atoms with Gasteiger partial charge in [0.25, 0.3) is 0 Å². The van der Waals surface area contributed by atoms with Gasteiger partial charge in [-0.05, 0) is 34.7 Å². The highest BCUT2D eigenvalue weighted by Crippen LogP contribution is 2.19. The van der Waals surface area contributed by atoms with Crippen LogP contribution >= 0.6 is 15.9 Å². The SMILES string of the molecule is CCCNc1nc(CCC(C)C)ncc1Br. The van der Waals surface area contributed by atoms with E-state index in [1.807, 2.05) is 6.20 Å². The molecule has 0 amide bonds. The molecule has 1 N–H and O–H groups in total. The quantitative estimate of drug-likeness (QED) is 0.867. The van der Waals surface area contributed by atoms with Gasteiger partial charge in [0.15, 0.2) is 0 Å². The van der Waals surface area contributed by atoms with Crippen LogP contribution in [0.15, 0.2) is 10.7 Å². The van der Waals surface area contributed by atoms with Gasteiger partial charge in [0.1, 0.15) is 11.6 Å². The van der Waals surface area contributed by atoms with Crippen molar-refractivity contribution in [1.82, 2.24) is 9.97 Å². The molecule has 0 spiro atoms. The lowest BCUT2D eigenvalue weighted by molar-refractivity contribution is 0.574. The van der Waals surface area contributed by atoms with E-state index < -0.39 is 0 Å². The number of halogens is 1. The number of hydrogen-bond donors (Lipinski definition) is 1. The molecule has 1 aromatic rings. The first-order valence-electron chi connectivity index (χ1n) is 5.88. The van der Waals surface area contributed by atoms with Crippen molar-refractivity contribution in [2.45, 2.75) is 40.0 Å². The number of rotatable bonds is 6. The van der Waals surface area contributed by atoms with Crippen LogP contribution in [0.25, 0.3) is 0 Å². The fourth-order valence-corrected chi connectivity index (χ4v) is 1.64. The molecule has 0 aromatic carbocycles. The molecular formula is C12H20BrN3. The zero-order chi connectivity index (χ0) is 12.0. The summed E-state index contributed by atoms with van der Waals surface area (Å²) in [5.41, 5.74) is 0. The molecule has 0 fully saturated rings. The first-order valence-corrected chi connectivity index (χ1v) is 6.68. The lowest BCUT2D eigenvalue weighted by Crippen LogP contribution is -2.06. The van der Waals surface area contributed by atoms with Crippen molar-refractivity contribution in [3.63, 3.8) is 0 Å². The summed E-state index contributed by atoms with van der Waals surface area (Å²) in [5.74, 6) is 2.53. The number of aryl methyl sites for hydroxylation is 1. The monoisotopic (exact) mass is 285 g/mol. The smallest absolute Gasteiger partial charge is 0.144 e. The Morgan fingerprint density at radius 2 is 2.19 bits per heavy atom. The number of nitrogens with one attached hydrogen (secondary N) is 1. The van der Waals surface area contributed by atoms with Crippen molar-refractivity contribution in [3.8, 4) is 0 Å². The van der Waals surface area contributed by atoms with Gasteiger partial charge in [-0.3, -0.25) is 0 Å². The van der Waals surface area contributed by atoms with Crippen LogP contribution in [0.1, 0.15) is 39.4 Å². The minimum atomic E-state index is 0.694. The average Bonchev–Trinajstić information content (AvgIpc) is 2.26. The van der Waals surface area contributed by atoms with E-state index in [-0.39, 0.29) is 0 Å². The largest absolute Gasteiger partial charge is 0.369 e.